The van der Waals surface area contributed by atoms with Crippen molar-refractivity contribution in [1.82, 2.24) is 24.7 Å². The van der Waals surface area contributed by atoms with Crippen LogP contribution in [-0.2, 0) is 51.8 Å². The zero-order valence-corrected chi connectivity index (χ0v) is 32.8. The topological polar surface area (TPSA) is 215 Å². The van der Waals surface area contributed by atoms with E-state index in [0.29, 0.717) is 56.1 Å². The van der Waals surface area contributed by atoms with Crippen molar-refractivity contribution >= 4 is 57.4 Å². The molecule has 1 unspecified atom stereocenters. The average Bonchev–Trinajstić information content (AvgIpc) is 4.02. The number of primary amides is 1. The lowest BCUT2D eigenvalue weighted by molar-refractivity contribution is -0.140. The number of alkyl halides is 1. The second-order valence-electron chi connectivity index (χ2n) is 15.7. The molecule has 1 saturated heterocycles. The summed E-state index contributed by atoms with van der Waals surface area (Å²) >= 11 is 5.95. The molecule has 2 heterocycles. The summed E-state index contributed by atoms with van der Waals surface area (Å²) in [6, 6.07) is 1.94. The molecule has 4 aliphatic rings. The Labute approximate surface area is 325 Å². The minimum absolute atomic E-state index is 0.00715. The molecule has 5 rings (SSSR count). The Hall–Kier alpha value is -4.19. The fourth-order valence-electron chi connectivity index (χ4n) is 7.03. The first-order valence-corrected chi connectivity index (χ1v) is 20.6. The minimum Gasteiger partial charge on any atom is -0.444 e. The second-order valence-corrected chi connectivity index (χ2v) is 17.9. The Balaban J connectivity index is 1.19. The van der Waals surface area contributed by atoms with Crippen molar-refractivity contribution in [2.24, 2.45) is 17.6 Å². The number of ether oxygens (including phenoxy) is 2. The van der Waals surface area contributed by atoms with E-state index in [4.69, 9.17) is 26.8 Å². The normalized spacial score (nSPS) is 22.3. The number of nitrogens with one attached hydrogen (secondary N) is 2. The summed E-state index contributed by atoms with van der Waals surface area (Å²) in [6.45, 7) is 4.62. The molecule has 19 heteroatoms. The number of sulfonamides is 1. The highest BCUT2D eigenvalue weighted by Gasteiger charge is 2.46. The van der Waals surface area contributed by atoms with Crippen LogP contribution in [0.3, 0.4) is 0 Å². The Morgan fingerprint density at radius 1 is 1.07 bits per heavy atom. The van der Waals surface area contributed by atoms with Crippen molar-refractivity contribution in [2.45, 2.75) is 114 Å². The van der Waals surface area contributed by atoms with Gasteiger partial charge in [0.2, 0.25) is 33.7 Å². The van der Waals surface area contributed by atoms with Gasteiger partial charge in [-0.2, -0.15) is 0 Å². The van der Waals surface area contributed by atoms with E-state index in [2.05, 4.69) is 10.0 Å². The number of rotatable bonds is 16. The maximum atomic E-state index is 14.3. The number of fused-ring (bicyclic) bond motifs is 1. The van der Waals surface area contributed by atoms with Crippen LogP contribution in [0.2, 0.25) is 0 Å². The molecule has 16 nitrogen and oxygen atoms in total. The lowest BCUT2D eigenvalue weighted by atomic mass is 10.1. The Morgan fingerprint density at radius 2 is 1.80 bits per heavy atom. The van der Waals surface area contributed by atoms with Gasteiger partial charge in [-0.25, -0.2) is 22.4 Å². The Bertz CT molecular complexity index is 1770. The number of halogens is 2. The van der Waals surface area contributed by atoms with Crippen LogP contribution in [0.25, 0.3) is 0 Å². The summed E-state index contributed by atoms with van der Waals surface area (Å²) in [5.74, 6) is -3.72. The number of nitrogens with zero attached hydrogens (tertiary/aromatic N) is 3. The first-order chi connectivity index (χ1) is 25.9. The number of benzene rings is 1. The molecule has 2 aliphatic heterocycles. The molecule has 0 aromatic heterocycles. The molecule has 1 aromatic rings. The minimum atomic E-state index is -3.59. The van der Waals surface area contributed by atoms with Crippen LogP contribution < -0.4 is 15.8 Å². The number of hydrogen-bond donors (Lipinski definition) is 3. The lowest BCUT2D eigenvalue weighted by Crippen LogP contribution is -2.57. The van der Waals surface area contributed by atoms with E-state index in [1.807, 2.05) is 0 Å². The molecule has 2 saturated carbocycles. The van der Waals surface area contributed by atoms with Gasteiger partial charge >= 0.3 is 12.2 Å². The molecule has 6 amide bonds. The maximum Gasteiger partial charge on any atom is 0.410 e. The fraction of sp³-hybridized carbons (Fsp3) is 0.667. The number of alkyl carbamates (subject to hydrolysis) is 1. The molecule has 304 valence electrons. The fourth-order valence-corrected chi connectivity index (χ4v) is 8.56. The molecule has 1 aromatic carbocycles. The lowest BCUT2D eigenvalue weighted by Gasteiger charge is -2.32. The van der Waals surface area contributed by atoms with Crippen LogP contribution in [0.1, 0.15) is 83.3 Å². The third kappa shape index (κ3) is 11.2. The molecule has 0 spiro atoms. The van der Waals surface area contributed by atoms with Crippen molar-refractivity contribution in [2.75, 3.05) is 25.5 Å². The summed E-state index contributed by atoms with van der Waals surface area (Å²) < 4.78 is 51.8. The van der Waals surface area contributed by atoms with Crippen molar-refractivity contribution < 1.29 is 51.0 Å². The highest BCUT2D eigenvalue weighted by atomic mass is 35.5. The van der Waals surface area contributed by atoms with E-state index in [-0.39, 0.29) is 51.0 Å². The average molecular weight is 813 g/mol. The zero-order chi connectivity index (χ0) is 40.2. The summed E-state index contributed by atoms with van der Waals surface area (Å²) in [5, 5.41) is 2.05. The summed E-state index contributed by atoms with van der Waals surface area (Å²) in [7, 11) is -3.59. The van der Waals surface area contributed by atoms with E-state index in [1.54, 1.807) is 32.9 Å². The number of unbranched alkanes of at least 4 members (excludes halogenated alkanes) is 2. The predicted molar refractivity (Wildman–Crippen MR) is 196 cm³/mol. The first-order valence-electron chi connectivity index (χ1n) is 18.6. The van der Waals surface area contributed by atoms with Crippen molar-refractivity contribution in [3.63, 3.8) is 0 Å². The van der Waals surface area contributed by atoms with E-state index in [1.165, 1.54) is 15.9 Å². The molecule has 3 fully saturated rings. The van der Waals surface area contributed by atoms with Gasteiger partial charge in [0.15, 0.2) is 0 Å². The van der Waals surface area contributed by atoms with Gasteiger partial charge in [-0.15, -0.1) is 11.6 Å². The van der Waals surface area contributed by atoms with Crippen molar-refractivity contribution in [3.8, 4) is 0 Å². The molecular formula is C36H50ClFN6O10S. The zero-order valence-electron chi connectivity index (χ0n) is 31.3. The molecule has 55 heavy (non-hydrogen) atoms. The van der Waals surface area contributed by atoms with Gasteiger partial charge in [-0.3, -0.25) is 28.8 Å². The van der Waals surface area contributed by atoms with Crippen molar-refractivity contribution in [3.05, 3.63) is 35.1 Å². The highest BCUT2D eigenvalue weighted by molar-refractivity contribution is 7.90. The van der Waals surface area contributed by atoms with E-state index >= 15 is 0 Å². The number of carbonyl (C=O) groups excluding carboxylic acids is 6. The van der Waals surface area contributed by atoms with E-state index in [9.17, 15) is 41.6 Å². The number of carbonyl (C=O) groups is 6. The standard InChI is InChI=1S/C36H50ClFN6O10S/c1-36(2,3)54-34(49)40-28(20-42(30(45)16-37)13-6-4-5-8-21-14-25(21)32(47)41-55(51,52)24-11-12-24)33(48)44-18-23(15-29(44)31(39)46)53-35(50)43-17-22-9-7-10-27(38)26(22)19-43/h7,9-10,21,23-25,28-29H,4-6,8,11-20H2,1-3H3,(H2,39,46)(H,40,49)(H,41,47)/t21-,23-,25+,28+,29?/m1/s1. The highest BCUT2D eigenvalue weighted by Crippen LogP contribution is 2.43. The third-order valence-corrected chi connectivity index (χ3v) is 12.2. The maximum absolute atomic E-state index is 14.3. The smallest absolute Gasteiger partial charge is 0.410 e. The predicted octanol–water partition coefficient (Wildman–Crippen LogP) is 2.50. The quantitative estimate of drug-likeness (QED) is 0.164. The van der Waals surface area contributed by atoms with Crippen LogP contribution in [-0.4, -0.2) is 113 Å². The summed E-state index contributed by atoms with van der Waals surface area (Å²) in [5.41, 5.74) is 5.77. The second kappa shape index (κ2) is 17.3. The van der Waals surface area contributed by atoms with Crippen LogP contribution in [0.4, 0.5) is 14.0 Å². The molecular weight excluding hydrogens is 763 g/mol. The first kappa shape index (κ1) is 42.0. The molecule has 0 bridgehead atoms. The molecule has 0 radical (unpaired) electrons. The molecule has 2 aliphatic carbocycles. The Morgan fingerprint density at radius 3 is 2.44 bits per heavy atom. The van der Waals surface area contributed by atoms with Crippen LogP contribution in [0.5, 0.6) is 0 Å². The van der Waals surface area contributed by atoms with Gasteiger partial charge in [-0.05, 0) is 70.4 Å². The van der Waals surface area contributed by atoms with Crippen LogP contribution in [0, 0.1) is 17.7 Å². The Kier molecular flexibility index (Phi) is 13.2. The third-order valence-electron chi connectivity index (χ3n) is 10.2. The van der Waals surface area contributed by atoms with Gasteiger partial charge in [-0.1, -0.05) is 25.0 Å². The molecule has 5 atom stereocenters. The van der Waals surface area contributed by atoms with Gasteiger partial charge in [0, 0.05) is 31.0 Å². The number of likely N-dealkylation sites (tertiary alicyclic amines) is 1. The van der Waals surface area contributed by atoms with Gasteiger partial charge < -0.3 is 30.3 Å². The molecule has 4 N–H and O–H groups in total. The number of amides is 6. The number of nitrogens with two attached hydrogens (primary N) is 1. The SMILES string of the molecule is CC(C)(C)OC(=O)N[C@@H](CN(CCCCC[C@@H]1C[C@@H]1C(=O)NS(=O)(=O)C1CC1)C(=O)CCl)C(=O)N1C[C@H](OC(=O)N2Cc3cccc(F)c3C2)CC1C(N)=O. The summed E-state index contributed by atoms with van der Waals surface area (Å²) in [4.78, 5) is 82.0. The van der Waals surface area contributed by atoms with Gasteiger partial charge in [0.25, 0.3) is 0 Å². The van der Waals surface area contributed by atoms with Gasteiger partial charge in [0.05, 0.1) is 24.9 Å². The number of hydrogen-bond acceptors (Lipinski definition) is 10. The van der Waals surface area contributed by atoms with Crippen molar-refractivity contribution in [1.29, 1.82) is 0 Å². The summed E-state index contributed by atoms with van der Waals surface area (Å²) in [6.07, 6.45) is 1.50. The van der Waals surface area contributed by atoms with Gasteiger partial charge in [0.1, 0.15) is 35.5 Å². The van der Waals surface area contributed by atoms with E-state index in [0.717, 1.165) is 4.90 Å². The van der Waals surface area contributed by atoms with Crippen LogP contribution in [0.15, 0.2) is 18.2 Å². The largest absolute Gasteiger partial charge is 0.444 e. The monoisotopic (exact) mass is 812 g/mol. The van der Waals surface area contributed by atoms with Crippen LogP contribution >= 0.6 is 11.6 Å². The van der Waals surface area contributed by atoms with E-state index < -0.39 is 86.6 Å².